The number of pyridine rings is 1. The minimum Gasteiger partial charge on any atom is -0.493 e. The first-order valence-electron chi connectivity index (χ1n) is 7.40. The van der Waals surface area contributed by atoms with Crippen molar-refractivity contribution < 1.29 is 14.3 Å². The van der Waals surface area contributed by atoms with E-state index in [0.29, 0.717) is 18.2 Å². The van der Waals surface area contributed by atoms with E-state index in [0.717, 1.165) is 17.0 Å². The molecule has 0 N–H and O–H groups in total. The Morgan fingerprint density at radius 2 is 2.13 bits per heavy atom. The van der Waals surface area contributed by atoms with Gasteiger partial charge < -0.3 is 9.47 Å². The van der Waals surface area contributed by atoms with Crippen LogP contribution in [0.3, 0.4) is 0 Å². The van der Waals surface area contributed by atoms with Gasteiger partial charge in [-0.3, -0.25) is 9.69 Å². The minimum absolute atomic E-state index is 0.0678. The maximum absolute atomic E-state index is 12.4. The molecule has 5 nitrogen and oxygen atoms in total. The summed E-state index contributed by atoms with van der Waals surface area (Å²) in [6, 6.07) is 11.5. The lowest BCUT2D eigenvalue weighted by molar-refractivity contribution is -0.115. The smallest absolute Gasteiger partial charge is 0.238 e. The number of hydrogen-bond acceptors (Lipinski definition) is 5. The Kier molecular flexibility index (Phi) is 4.71. The maximum atomic E-state index is 12.4. The number of para-hydroxylation sites is 1. The Labute approximate surface area is 139 Å². The van der Waals surface area contributed by atoms with Crippen molar-refractivity contribution >= 4 is 23.4 Å². The Morgan fingerprint density at radius 1 is 1.30 bits per heavy atom. The highest BCUT2D eigenvalue weighted by Crippen LogP contribution is 2.44. The highest BCUT2D eigenvalue weighted by atomic mass is 32.2. The second-order valence-corrected chi connectivity index (χ2v) is 6.03. The van der Waals surface area contributed by atoms with Crippen molar-refractivity contribution in [2.75, 3.05) is 24.4 Å². The zero-order chi connectivity index (χ0) is 16.2. The standard InChI is InChI=1S/C17H18N2O3S/c1-3-22-14-7-5-4-6-13(14)17-19(16(20)11-23-17)12-8-9-15(21-2)18-10-12/h4-10,17H,3,11H2,1-2H3. The van der Waals surface area contributed by atoms with Crippen LogP contribution in [0.4, 0.5) is 5.69 Å². The van der Waals surface area contributed by atoms with Crippen LogP contribution in [0.1, 0.15) is 17.9 Å². The molecule has 1 aromatic heterocycles. The molecule has 0 saturated carbocycles. The predicted molar refractivity (Wildman–Crippen MR) is 91.1 cm³/mol. The van der Waals surface area contributed by atoms with Crippen molar-refractivity contribution in [1.82, 2.24) is 4.98 Å². The molecule has 6 heteroatoms. The third-order valence-electron chi connectivity index (χ3n) is 3.56. The molecule has 1 amide bonds. The van der Waals surface area contributed by atoms with Crippen LogP contribution in [0, 0.1) is 0 Å². The summed E-state index contributed by atoms with van der Waals surface area (Å²) >= 11 is 1.59. The highest BCUT2D eigenvalue weighted by Gasteiger charge is 2.35. The van der Waals surface area contributed by atoms with Crippen molar-refractivity contribution in [3.05, 3.63) is 48.2 Å². The molecule has 2 heterocycles. The van der Waals surface area contributed by atoms with Crippen LogP contribution >= 0.6 is 11.8 Å². The molecule has 23 heavy (non-hydrogen) atoms. The van der Waals surface area contributed by atoms with E-state index in [1.807, 2.05) is 37.3 Å². The highest BCUT2D eigenvalue weighted by molar-refractivity contribution is 8.00. The number of ether oxygens (including phenoxy) is 2. The number of thioether (sulfide) groups is 1. The van der Waals surface area contributed by atoms with Crippen molar-refractivity contribution in [3.8, 4) is 11.6 Å². The summed E-state index contributed by atoms with van der Waals surface area (Å²) in [5, 5.41) is -0.111. The van der Waals surface area contributed by atoms with Crippen molar-refractivity contribution in [2.24, 2.45) is 0 Å². The fourth-order valence-electron chi connectivity index (χ4n) is 2.54. The molecular formula is C17H18N2O3S. The van der Waals surface area contributed by atoms with E-state index in [2.05, 4.69) is 4.98 Å². The second-order valence-electron chi connectivity index (χ2n) is 4.96. The van der Waals surface area contributed by atoms with Crippen molar-refractivity contribution in [2.45, 2.75) is 12.3 Å². The van der Waals surface area contributed by atoms with Crippen LogP contribution in [-0.4, -0.2) is 30.4 Å². The third kappa shape index (κ3) is 3.12. The number of nitrogens with zero attached hydrogens (tertiary/aromatic N) is 2. The molecule has 1 aliphatic heterocycles. The molecular weight excluding hydrogens is 312 g/mol. The minimum atomic E-state index is -0.111. The summed E-state index contributed by atoms with van der Waals surface area (Å²) in [6.45, 7) is 2.54. The molecule has 0 aliphatic carbocycles. The van der Waals surface area contributed by atoms with Gasteiger partial charge in [0.1, 0.15) is 11.1 Å². The lowest BCUT2D eigenvalue weighted by atomic mass is 10.1. The molecule has 1 atom stereocenters. The van der Waals surface area contributed by atoms with Gasteiger partial charge in [0.15, 0.2) is 0 Å². The van der Waals surface area contributed by atoms with Gasteiger partial charge in [-0.25, -0.2) is 4.98 Å². The van der Waals surface area contributed by atoms with Crippen LogP contribution in [0.15, 0.2) is 42.6 Å². The Morgan fingerprint density at radius 3 is 2.83 bits per heavy atom. The zero-order valence-electron chi connectivity index (χ0n) is 13.1. The summed E-state index contributed by atoms with van der Waals surface area (Å²) < 4.78 is 10.8. The van der Waals surface area contributed by atoms with E-state index in [9.17, 15) is 4.79 Å². The first-order chi connectivity index (χ1) is 11.2. The average Bonchev–Trinajstić information content (AvgIpc) is 2.97. The lowest BCUT2D eigenvalue weighted by Crippen LogP contribution is -2.28. The van der Waals surface area contributed by atoms with E-state index in [4.69, 9.17) is 9.47 Å². The van der Waals surface area contributed by atoms with Crippen LogP contribution in [-0.2, 0) is 4.79 Å². The van der Waals surface area contributed by atoms with Crippen molar-refractivity contribution in [3.63, 3.8) is 0 Å². The molecule has 0 radical (unpaired) electrons. The Balaban J connectivity index is 1.96. The van der Waals surface area contributed by atoms with Crippen LogP contribution < -0.4 is 14.4 Å². The van der Waals surface area contributed by atoms with Gasteiger partial charge in [-0.05, 0) is 19.1 Å². The summed E-state index contributed by atoms with van der Waals surface area (Å²) in [5.41, 5.74) is 1.76. The lowest BCUT2D eigenvalue weighted by Gasteiger charge is -2.25. The fourth-order valence-corrected chi connectivity index (χ4v) is 3.74. The topological polar surface area (TPSA) is 51.7 Å². The largest absolute Gasteiger partial charge is 0.493 e. The van der Waals surface area contributed by atoms with Crippen LogP contribution in [0.25, 0.3) is 0 Å². The summed E-state index contributed by atoms with van der Waals surface area (Å²) in [6.07, 6.45) is 1.67. The second kappa shape index (κ2) is 6.91. The van der Waals surface area contributed by atoms with E-state index < -0.39 is 0 Å². The van der Waals surface area contributed by atoms with E-state index >= 15 is 0 Å². The van der Waals surface area contributed by atoms with Gasteiger partial charge in [0.2, 0.25) is 11.8 Å². The number of aromatic nitrogens is 1. The zero-order valence-corrected chi connectivity index (χ0v) is 13.9. The molecule has 3 rings (SSSR count). The molecule has 1 unspecified atom stereocenters. The Bertz CT molecular complexity index is 690. The molecule has 1 fully saturated rings. The third-order valence-corrected chi connectivity index (χ3v) is 4.75. The molecule has 1 saturated heterocycles. The summed E-state index contributed by atoms with van der Waals surface area (Å²) in [7, 11) is 1.57. The van der Waals surface area contributed by atoms with Crippen LogP contribution in [0.5, 0.6) is 11.6 Å². The van der Waals surface area contributed by atoms with Gasteiger partial charge in [-0.15, -0.1) is 11.8 Å². The normalized spacial score (nSPS) is 17.4. The molecule has 1 aliphatic rings. The van der Waals surface area contributed by atoms with Gasteiger partial charge in [0, 0.05) is 11.6 Å². The van der Waals surface area contributed by atoms with E-state index in [-0.39, 0.29) is 11.3 Å². The number of carbonyl (C=O) groups excluding carboxylic acids is 1. The number of anilines is 1. The quantitative estimate of drug-likeness (QED) is 0.842. The summed E-state index contributed by atoms with van der Waals surface area (Å²) in [5.74, 6) is 1.85. The number of rotatable bonds is 5. The van der Waals surface area contributed by atoms with E-state index in [1.165, 1.54) is 0 Å². The van der Waals surface area contributed by atoms with Crippen LogP contribution in [0.2, 0.25) is 0 Å². The maximum Gasteiger partial charge on any atom is 0.238 e. The summed E-state index contributed by atoms with van der Waals surface area (Å²) in [4.78, 5) is 18.4. The number of carbonyl (C=O) groups is 1. The monoisotopic (exact) mass is 330 g/mol. The molecule has 0 spiro atoms. The number of hydrogen-bond donors (Lipinski definition) is 0. The molecule has 120 valence electrons. The average molecular weight is 330 g/mol. The first-order valence-corrected chi connectivity index (χ1v) is 8.45. The van der Waals surface area contributed by atoms with Gasteiger partial charge in [-0.1, -0.05) is 18.2 Å². The SMILES string of the molecule is CCOc1ccccc1C1SCC(=O)N1c1ccc(OC)nc1. The number of amides is 1. The fraction of sp³-hybridized carbons (Fsp3) is 0.294. The number of methoxy groups -OCH3 is 1. The van der Waals surface area contributed by atoms with E-state index in [1.54, 1.807) is 36.0 Å². The van der Waals surface area contributed by atoms with Gasteiger partial charge in [0.25, 0.3) is 0 Å². The van der Waals surface area contributed by atoms with Crippen molar-refractivity contribution in [1.29, 1.82) is 0 Å². The molecule has 2 aromatic rings. The van der Waals surface area contributed by atoms with Gasteiger partial charge in [-0.2, -0.15) is 0 Å². The molecule has 1 aromatic carbocycles. The molecule has 0 bridgehead atoms. The predicted octanol–water partition coefficient (Wildman–Crippen LogP) is 3.27. The first kappa shape index (κ1) is 15.7. The van der Waals surface area contributed by atoms with Gasteiger partial charge in [0.05, 0.1) is 31.4 Å². The number of benzene rings is 1. The van der Waals surface area contributed by atoms with Gasteiger partial charge >= 0.3 is 0 Å². The Hall–Kier alpha value is -2.21.